The summed E-state index contributed by atoms with van der Waals surface area (Å²) in [4.78, 5) is 18.8. The van der Waals surface area contributed by atoms with Crippen molar-refractivity contribution in [3.05, 3.63) is 0 Å². The van der Waals surface area contributed by atoms with E-state index in [0.717, 1.165) is 12.6 Å². The number of carbonyl (C=O) groups excluding carboxylic acids is 2. The average Bonchev–Trinajstić information content (AvgIpc) is 1.88. The van der Waals surface area contributed by atoms with E-state index in [1.807, 2.05) is 0 Å². The maximum atomic E-state index is 9.40. The lowest BCUT2D eigenvalue weighted by Crippen LogP contribution is -1.73. The lowest BCUT2D eigenvalue weighted by molar-refractivity contribution is -0.112. The topological polar surface area (TPSA) is 60.2 Å². The van der Waals surface area contributed by atoms with Crippen LogP contribution in [0.25, 0.3) is 0 Å². The number of hydrogen-bond acceptors (Lipinski definition) is 3. The molecule has 0 bridgehead atoms. The zero-order valence-corrected chi connectivity index (χ0v) is 4.96. The van der Waals surface area contributed by atoms with Gasteiger partial charge in [0.15, 0.2) is 0 Å². The summed E-state index contributed by atoms with van der Waals surface area (Å²) in [6, 6.07) is 0. The largest absolute Gasteiger partial charge is 0.333 e. The van der Waals surface area contributed by atoms with Gasteiger partial charge in [-0.05, 0) is 7.05 Å². The predicted octanol–water partition coefficient (Wildman–Crippen LogP) is -0.261. The SMILES string of the molecule is CN.O=CCCC=O. The van der Waals surface area contributed by atoms with Crippen LogP contribution in [-0.4, -0.2) is 19.6 Å². The third-order valence-corrected chi connectivity index (χ3v) is 0.402. The second kappa shape index (κ2) is 16.3. The van der Waals surface area contributed by atoms with Crippen LogP contribution < -0.4 is 5.73 Å². The lowest BCUT2D eigenvalue weighted by Gasteiger charge is -1.68. The van der Waals surface area contributed by atoms with Crippen LogP contribution in [0, 0.1) is 0 Å². The minimum absolute atomic E-state index is 0.365. The van der Waals surface area contributed by atoms with Crippen molar-refractivity contribution in [1.29, 1.82) is 0 Å². The van der Waals surface area contributed by atoms with Crippen LogP contribution in [0.1, 0.15) is 12.8 Å². The van der Waals surface area contributed by atoms with E-state index in [-0.39, 0.29) is 0 Å². The van der Waals surface area contributed by atoms with Gasteiger partial charge in [0, 0.05) is 12.8 Å². The number of hydrogen-bond donors (Lipinski definition) is 1. The second-order valence-corrected chi connectivity index (χ2v) is 0.911. The summed E-state index contributed by atoms with van der Waals surface area (Å²) in [5.74, 6) is 0. The summed E-state index contributed by atoms with van der Waals surface area (Å²) in [6.07, 6.45) is 2.19. The molecule has 2 N–H and O–H groups in total. The molecule has 0 spiro atoms. The highest BCUT2D eigenvalue weighted by atomic mass is 16.1. The van der Waals surface area contributed by atoms with Crippen molar-refractivity contribution >= 4 is 12.6 Å². The molecule has 0 aliphatic heterocycles. The zero-order valence-electron chi connectivity index (χ0n) is 4.96. The molecule has 0 aromatic carbocycles. The molecular weight excluding hydrogens is 106 g/mol. The van der Waals surface area contributed by atoms with Crippen LogP contribution in [0.2, 0.25) is 0 Å². The molecular formula is C5H11NO2. The Morgan fingerprint density at radius 1 is 1.12 bits per heavy atom. The molecule has 0 amide bonds. The summed E-state index contributed by atoms with van der Waals surface area (Å²) >= 11 is 0. The molecule has 3 nitrogen and oxygen atoms in total. The molecule has 0 unspecified atom stereocenters. The molecule has 0 saturated heterocycles. The first-order valence-electron chi connectivity index (χ1n) is 2.37. The Labute approximate surface area is 48.9 Å². The third kappa shape index (κ3) is 18.5. The average molecular weight is 117 g/mol. The quantitative estimate of drug-likeness (QED) is 0.409. The zero-order chi connectivity index (χ0) is 6.83. The number of nitrogens with two attached hydrogens (primary N) is 1. The first kappa shape index (κ1) is 10.3. The van der Waals surface area contributed by atoms with Crippen molar-refractivity contribution in [2.24, 2.45) is 5.73 Å². The molecule has 3 heteroatoms. The van der Waals surface area contributed by atoms with Crippen LogP contribution in [-0.2, 0) is 9.59 Å². The van der Waals surface area contributed by atoms with Crippen LogP contribution >= 0.6 is 0 Å². The Morgan fingerprint density at radius 2 is 1.38 bits per heavy atom. The van der Waals surface area contributed by atoms with E-state index >= 15 is 0 Å². The molecule has 48 valence electrons. The highest BCUT2D eigenvalue weighted by Gasteiger charge is 1.74. The van der Waals surface area contributed by atoms with E-state index < -0.39 is 0 Å². The van der Waals surface area contributed by atoms with Gasteiger partial charge in [0.2, 0.25) is 0 Å². The van der Waals surface area contributed by atoms with Crippen LogP contribution in [0.5, 0.6) is 0 Å². The minimum atomic E-state index is 0.365. The van der Waals surface area contributed by atoms with Gasteiger partial charge in [0.25, 0.3) is 0 Å². The van der Waals surface area contributed by atoms with Gasteiger partial charge in [-0.1, -0.05) is 0 Å². The van der Waals surface area contributed by atoms with E-state index in [2.05, 4.69) is 5.73 Å². The number of unbranched alkanes of at least 4 members (excludes halogenated alkanes) is 1. The molecule has 0 rings (SSSR count). The summed E-state index contributed by atoms with van der Waals surface area (Å²) < 4.78 is 0. The Hall–Kier alpha value is -0.700. The fourth-order valence-electron chi connectivity index (χ4n) is 0.136. The van der Waals surface area contributed by atoms with Gasteiger partial charge in [-0.25, -0.2) is 0 Å². The van der Waals surface area contributed by atoms with Gasteiger partial charge in [0.1, 0.15) is 12.6 Å². The van der Waals surface area contributed by atoms with E-state index in [9.17, 15) is 9.59 Å². The van der Waals surface area contributed by atoms with Gasteiger partial charge < -0.3 is 15.3 Å². The summed E-state index contributed by atoms with van der Waals surface area (Å²) in [7, 11) is 1.50. The molecule has 0 radical (unpaired) electrons. The van der Waals surface area contributed by atoms with E-state index in [4.69, 9.17) is 0 Å². The minimum Gasteiger partial charge on any atom is -0.333 e. The molecule has 0 aliphatic carbocycles. The van der Waals surface area contributed by atoms with Crippen LogP contribution in [0.3, 0.4) is 0 Å². The molecule has 0 aromatic rings. The van der Waals surface area contributed by atoms with Crippen LogP contribution in [0.15, 0.2) is 0 Å². The fraction of sp³-hybridized carbons (Fsp3) is 0.600. The Kier molecular flexibility index (Phi) is 21.0. The first-order chi connectivity index (χ1) is 3.91. The molecule has 0 atom stereocenters. The van der Waals surface area contributed by atoms with Gasteiger partial charge in [0.05, 0.1) is 0 Å². The summed E-state index contributed by atoms with van der Waals surface area (Å²) in [5.41, 5.74) is 4.50. The van der Waals surface area contributed by atoms with E-state index in [0.29, 0.717) is 12.8 Å². The van der Waals surface area contributed by atoms with Crippen molar-refractivity contribution in [1.82, 2.24) is 0 Å². The monoisotopic (exact) mass is 117 g/mol. The Balaban J connectivity index is 0. The Bertz CT molecular complexity index is 46.4. The Morgan fingerprint density at radius 3 is 1.50 bits per heavy atom. The standard InChI is InChI=1S/C4H6O2.CH5N/c5-3-1-2-4-6;1-2/h3-4H,1-2H2;2H2,1H3. The van der Waals surface area contributed by atoms with Gasteiger partial charge in [-0.3, -0.25) is 0 Å². The second-order valence-electron chi connectivity index (χ2n) is 0.911. The van der Waals surface area contributed by atoms with Gasteiger partial charge >= 0.3 is 0 Å². The molecule has 0 aromatic heterocycles. The third-order valence-electron chi connectivity index (χ3n) is 0.402. The number of carbonyl (C=O) groups is 2. The molecule has 0 aliphatic rings. The lowest BCUT2D eigenvalue weighted by atomic mass is 10.4. The molecule has 0 fully saturated rings. The first-order valence-corrected chi connectivity index (χ1v) is 2.37. The molecule has 8 heavy (non-hydrogen) atoms. The summed E-state index contributed by atoms with van der Waals surface area (Å²) in [6.45, 7) is 0. The maximum absolute atomic E-state index is 9.40. The summed E-state index contributed by atoms with van der Waals surface area (Å²) in [5, 5.41) is 0. The maximum Gasteiger partial charge on any atom is 0.120 e. The highest BCUT2D eigenvalue weighted by molar-refractivity contribution is 5.58. The molecule has 0 saturated carbocycles. The highest BCUT2D eigenvalue weighted by Crippen LogP contribution is 1.72. The van der Waals surface area contributed by atoms with Crippen molar-refractivity contribution in [2.75, 3.05) is 7.05 Å². The van der Waals surface area contributed by atoms with Gasteiger partial charge in [-0.15, -0.1) is 0 Å². The smallest absolute Gasteiger partial charge is 0.120 e. The van der Waals surface area contributed by atoms with Crippen molar-refractivity contribution < 1.29 is 9.59 Å². The van der Waals surface area contributed by atoms with E-state index in [1.54, 1.807) is 0 Å². The van der Waals surface area contributed by atoms with Gasteiger partial charge in [-0.2, -0.15) is 0 Å². The van der Waals surface area contributed by atoms with Crippen molar-refractivity contribution in [3.8, 4) is 0 Å². The fourth-order valence-corrected chi connectivity index (χ4v) is 0.136. The van der Waals surface area contributed by atoms with E-state index in [1.165, 1.54) is 7.05 Å². The molecule has 0 heterocycles. The van der Waals surface area contributed by atoms with Crippen molar-refractivity contribution in [3.63, 3.8) is 0 Å². The van der Waals surface area contributed by atoms with Crippen LogP contribution in [0.4, 0.5) is 0 Å². The number of rotatable bonds is 3. The number of aldehydes is 2. The van der Waals surface area contributed by atoms with Crippen molar-refractivity contribution in [2.45, 2.75) is 12.8 Å². The predicted molar refractivity (Wildman–Crippen MR) is 31.5 cm³/mol. The normalized spacial score (nSPS) is 6.25.